The van der Waals surface area contributed by atoms with Gasteiger partial charge in [-0.1, -0.05) is 13.8 Å². The molecule has 3 aromatic rings. The third kappa shape index (κ3) is 2.58. The van der Waals surface area contributed by atoms with Gasteiger partial charge in [0, 0.05) is 17.3 Å². The standard InChI is InChI=1S/C14H12F3N5O/c1-7(2)10-11(21-13-19-6-20-22(13)12(10)23)8-3-4-9(18-5-8)14(15,16)17/h3-7H,1-2H3,(H,19,20,21). The summed E-state index contributed by atoms with van der Waals surface area (Å²) in [4.78, 5) is 24.1. The predicted molar refractivity (Wildman–Crippen MR) is 75.9 cm³/mol. The first-order valence-corrected chi connectivity index (χ1v) is 6.78. The molecule has 120 valence electrons. The molecule has 3 rings (SSSR count). The molecule has 0 saturated carbocycles. The number of rotatable bonds is 2. The summed E-state index contributed by atoms with van der Waals surface area (Å²) in [5.74, 6) is -0.0261. The summed E-state index contributed by atoms with van der Waals surface area (Å²) in [5, 5.41) is 2.66. The van der Waals surface area contributed by atoms with Gasteiger partial charge in [-0.2, -0.15) is 17.7 Å². The molecule has 9 heteroatoms. The lowest BCUT2D eigenvalue weighted by atomic mass is 9.99. The molecule has 0 aliphatic carbocycles. The van der Waals surface area contributed by atoms with E-state index in [1.54, 1.807) is 0 Å². The first-order valence-electron chi connectivity index (χ1n) is 6.78. The van der Waals surface area contributed by atoms with Gasteiger partial charge in [0.15, 0.2) is 0 Å². The van der Waals surface area contributed by atoms with E-state index in [-0.39, 0.29) is 17.3 Å². The Kier molecular flexibility index (Phi) is 3.42. The van der Waals surface area contributed by atoms with Crippen LogP contribution in [-0.2, 0) is 6.18 Å². The van der Waals surface area contributed by atoms with Gasteiger partial charge in [-0.15, -0.1) is 0 Å². The number of fused-ring (bicyclic) bond motifs is 1. The molecule has 0 aromatic carbocycles. The highest BCUT2D eigenvalue weighted by molar-refractivity contribution is 5.64. The van der Waals surface area contributed by atoms with E-state index < -0.39 is 11.9 Å². The molecule has 0 saturated heterocycles. The molecular formula is C14H12F3N5O. The van der Waals surface area contributed by atoms with Crippen molar-refractivity contribution in [2.75, 3.05) is 0 Å². The monoisotopic (exact) mass is 323 g/mol. The number of H-pyrrole nitrogens is 1. The van der Waals surface area contributed by atoms with Crippen LogP contribution in [0.3, 0.4) is 0 Å². The Labute approximate surface area is 128 Å². The lowest BCUT2D eigenvalue weighted by molar-refractivity contribution is -0.141. The number of nitrogens with zero attached hydrogens (tertiary/aromatic N) is 4. The van der Waals surface area contributed by atoms with Crippen LogP contribution in [0, 0.1) is 0 Å². The molecule has 0 aliphatic heterocycles. The molecule has 1 N–H and O–H groups in total. The maximum Gasteiger partial charge on any atom is 0.433 e. The maximum atomic E-state index is 12.6. The van der Waals surface area contributed by atoms with Crippen molar-refractivity contribution in [2.24, 2.45) is 0 Å². The van der Waals surface area contributed by atoms with Gasteiger partial charge in [-0.3, -0.25) is 14.9 Å². The van der Waals surface area contributed by atoms with Crippen molar-refractivity contribution in [3.05, 3.63) is 46.3 Å². The minimum absolute atomic E-state index is 0.147. The topological polar surface area (TPSA) is 75.9 Å². The van der Waals surface area contributed by atoms with Gasteiger partial charge in [-0.25, -0.2) is 9.97 Å². The van der Waals surface area contributed by atoms with Crippen LogP contribution in [0.25, 0.3) is 17.0 Å². The van der Waals surface area contributed by atoms with Crippen molar-refractivity contribution in [3.8, 4) is 11.3 Å². The summed E-state index contributed by atoms with van der Waals surface area (Å²) in [5.41, 5.74) is -0.321. The number of aromatic nitrogens is 5. The largest absolute Gasteiger partial charge is 0.433 e. The highest BCUT2D eigenvalue weighted by Crippen LogP contribution is 2.30. The van der Waals surface area contributed by atoms with Crippen molar-refractivity contribution in [1.29, 1.82) is 0 Å². The zero-order chi connectivity index (χ0) is 16.8. The third-order valence-corrected chi connectivity index (χ3v) is 3.37. The molecule has 0 aliphatic rings. The molecule has 0 amide bonds. The van der Waals surface area contributed by atoms with E-state index >= 15 is 0 Å². The van der Waals surface area contributed by atoms with Crippen molar-refractivity contribution in [1.82, 2.24) is 24.6 Å². The lowest BCUT2D eigenvalue weighted by Gasteiger charge is -2.12. The van der Waals surface area contributed by atoms with Crippen molar-refractivity contribution < 1.29 is 13.2 Å². The number of aromatic amines is 1. The molecule has 0 unspecified atom stereocenters. The van der Waals surface area contributed by atoms with E-state index in [1.807, 2.05) is 13.8 Å². The SMILES string of the molecule is CC(C)c1c(-c2ccc(C(F)(F)F)nc2)nc2nc[nH]n2c1=O. The molecule has 0 fully saturated rings. The van der Waals surface area contributed by atoms with Crippen LogP contribution in [0.1, 0.15) is 31.0 Å². The van der Waals surface area contributed by atoms with Crippen LogP contribution < -0.4 is 5.56 Å². The van der Waals surface area contributed by atoms with Gasteiger partial charge in [0.25, 0.3) is 11.3 Å². The molecule has 23 heavy (non-hydrogen) atoms. The van der Waals surface area contributed by atoms with E-state index in [9.17, 15) is 18.0 Å². The van der Waals surface area contributed by atoms with Crippen molar-refractivity contribution in [2.45, 2.75) is 25.9 Å². The normalized spacial score (nSPS) is 12.3. The molecule has 0 spiro atoms. The third-order valence-electron chi connectivity index (χ3n) is 3.37. The second kappa shape index (κ2) is 5.18. The van der Waals surface area contributed by atoms with Gasteiger partial charge in [0.05, 0.1) is 5.69 Å². The Balaban J connectivity index is 2.23. The van der Waals surface area contributed by atoms with Crippen LogP contribution in [0.15, 0.2) is 29.5 Å². The van der Waals surface area contributed by atoms with Crippen LogP contribution in [0.2, 0.25) is 0 Å². The molecule has 6 nitrogen and oxygen atoms in total. The molecule has 3 aromatic heterocycles. The van der Waals surface area contributed by atoms with Crippen molar-refractivity contribution in [3.63, 3.8) is 0 Å². The summed E-state index contributed by atoms with van der Waals surface area (Å²) in [7, 11) is 0. The fourth-order valence-electron chi connectivity index (χ4n) is 2.31. The number of pyridine rings is 1. The van der Waals surface area contributed by atoms with Crippen molar-refractivity contribution >= 4 is 5.78 Å². The van der Waals surface area contributed by atoms with E-state index in [1.165, 1.54) is 16.9 Å². The first-order chi connectivity index (χ1) is 10.8. The minimum Gasteiger partial charge on any atom is -0.278 e. The van der Waals surface area contributed by atoms with E-state index in [4.69, 9.17) is 0 Å². The highest BCUT2D eigenvalue weighted by atomic mass is 19.4. The summed E-state index contributed by atoms with van der Waals surface area (Å²) in [6.07, 6.45) is -2.12. The fraction of sp³-hybridized carbons (Fsp3) is 0.286. The van der Waals surface area contributed by atoms with E-state index in [2.05, 4.69) is 20.1 Å². The summed E-state index contributed by atoms with van der Waals surface area (Å²) >= 11 is 0. The average molecular weight is 323 g/mol. The summed E-state index contributed by atoms with van der Waals surface area (Å²) in [6.45, 7) is 3.62. The molecular weight excluding hydrogens is 311 g/mol. The van der Waals surface area contributed by atoms with Gasteiger partial charge in [-0.05, 0) is 18.1 Å². The minimum atomic E-state index is -4.52. The molecule has 3 heterocycles. The quantitative estimate of drug-likeness (QED) is 0.786. The fourth-order valence-corrected chi connectivity index (χ4v) is 2.31. The maximum absolute atomic E-state index is 12.6. The summed E-state index contributed by atoms with van der Waals surface area (Å²) < 4.78 is 39.0. The van der Waals surface area contributed by atoms with Gasteiger partial charge >= 0.3 is 6.18 Å². The van der Waals surface area contributed by atoms with Gasteiger partial charge in [0.1, 0.15) is 12.0 Å². The zero-order valence-electron chi connectivity index (χ0n) is 12.2. The lowest BCUT2D eigenvalue weighted by Crippen LogP contribution is -2.22. The number of nitrogens with one attached hydrogen (secondary N) is 1. The Hall–Kier alpha value is -2.71. The van der Waals surface area contributed by atoms with Gasteiger partial charge in [0.2, 0.25) is 0 Å². The average Bonchev–Trinajstić information content (AvgIpc) is 2.94. The molecule has 0 atom stereocenters. The number of hydrogen-bond donors (Lipinski definition) is 1. The van der Waals surface area contributed by atoms with Gasteiger partial charge < -0.3 is 0 Å². The van der Waals surface area contributed by atoms with Crippen LogP contribution in [0.4, 0.5) is 13.2 Å². The number of halogens is 3. The Morgan fingerprint density at radius 2 is 1.96 bits per heavy atom. The second-order valence-electron chi connectivity index (χ2n) is 5.29. The smallest absolute Gasteiger partial charge is 0.278 e. The van der Waals surface area contributed by atoms with Crippen LogP contribution in [0.5, 0.6) is 0 Å². The van der Waals surface area contributed by atoms with E-state index in [0.717, 1.165) is 12.3 Å². The molecule has 0 radical (unpaired) electrons. The Morgan fingerprint density at radius 1 is 1.22 bits per heavy atom. The van der Waals surface area contributed by atoms with Crippen LogP contribution in [-0.4, -0.2) is 24.6 Å². The Bertz CT molecular complexity index is 909. The zero-order valence-corrected chi connectivity index (χ0v) is 12.2. The number of hydrogen-bond acceptors (Lipinski definition) is 4. The predicted octanol–water partition coefficient (Wildman–Crippen LogP) is 2.62. The first kappa shape index (κ1) is 15.2. The second-order valence-corrected chi connectivity index (χ2v) is 5.29. The molecule has 0 bridgehead atoms. The number of alkyl halides is 3. The Morgan fingerprint density at radius 3 is 2.52 bits per heavy atom. The summed E-state index contributed by atoms with van der Waals surface area (Å²) in [6, 6.07) is 2.13. The van der Waals surface area contributed by atoms with E-state index in [0.29, 0.717) is 16.8 Å². The van der Waals surface area contributed by atoms with Crippen LogP contribution >= 0.6 is 0 Å². The highest BCUT2D eigenvalue weighted by Gasteiger charge is 2.32.